The Balaban J connectivity index is 1.36. The molecule has 10 heteroatoms. The van der Waals surface area contributed by atoms with Gasteiger partial charge in [-0.1, -0.05) is 84.4 Å². The topological polar surface area (TPSA) is 104 Å². The molecule has 2 aliphatic heterocycles. The Bertz CT molecular complexity index is 2190. The molecule has 4 aromatic rings. The normalized spacial score (nSPS) is 26.8. The fourth-order valence-corrected chi connectivity index (χ4v) is 9.86. The molecule has 0 bridgehead atoms. The fourth-order valence-electron chi connectivity index (χ4n) is 9.05. The molecule has 4 aromatic carbocycles. The third-order valence-corrected chi connectivity index (χ3v) is 12.2. The lowest BCUT2D eigenvalue weighted by Gasteiger charge is -2.50. The molecule has 2 heterocycles. The zero-order chi connectivity index (χ0) is 35.8. The number of hydrogen-bond acceptors (Lipinski definition) is 6. The van der Waals surface area contributed by atoms with Crippen molar-refractivity contribution in [2.75, 3.05) is 16.9 Å². The molecule has 256 valence electrons. The van der Waals surface area contributed by atoms with E-state index in [9.17, 15) is 19.5 Å². The van der Waals surface area contributed by atoms with Crippen LogP contribution in [0, 0.1) is 27.2 Å². The maximum absolute atomic E-state index is 15.4. The molecule has 4 aliphatic rings. The van der Waals surface area contributed by atoms with Crippen molar-refractivity contribution in [2.24, 2.45) is 23.7 Å². The number of anilines is 2. The number of benzene rings is 4. The van der Waals surface area contributed by atoms with Crippen LogP contribution in [0.4, 0.5) is 11.4 Å². The summed E-state index contributed by atoms with van der Waals surface area (Å²) in [5.74, 6) is -4.77. The Morgan fingerprint density at radius 2 is 1.63 bits per heavy atom. The number of methoxy groups -OCH3 is 1. The standard InChI is InChI=1S/C41H32ClIN2O6/c1-3-22-12-14-26(15-13-22)44-37(47)29-17-16-28-30(34(29)39(44)49)21-31-38(48)45(27-11-7-10-25(42)20-27)40(50)41(31,24-8-5-4-6-9-24)35(28)23-18-32(43)36(46)33(19-23)51-2/h3-16,18-20,29-31,34-35,46H,1,17,21H2,2H3. The van der Waals surface area contributed by atoms with Gasteiger partial charge >= 0.3 is 0 Å². The summed E-state index contributed by atoms with van der Waals surface area (Å²) in [6, 6.07) is 26.6. The number of phenolic OH excluding ortho intramolecular Hbond substituents is 1. The Morgan fingerprint density at radius 3 is 2.31 bits per heavy atom. The van der Waals surface area contributed by atoms with E-state index in [2.05, 4.69) is 6.58 Å². The molecule has 0 radical (unpaired) electrons. The lowest BCUT2D eigenvalue weighted by atomic mass is 9.49. The first kappa shape index (κ1) is 33.4. The van der Waals surface area contributed by atoms with E-state index in [4.69, 9.17) is 16.3 Å². The van der Waals surface area contributed by atoms with Crippen molar-refractivity contribution >= 4 is 75.3 Å². The van der Waals surface area contributed by atoms with Crippen LogP contribution >= 0.6 is 34.2 Å². The molecule has 4 amide bonds. The molecule has 8 nitrogen and oxygen atoms in total. The fraction of sp³-hybridized carbons (Fsp3) is 0.220. The number of carbonyl (C=O) groups excluding carboxylic acids is 4. The van der Waals surface area contributed by atoms with Gasteiger partial charge in [-0.2, -0.15) is 0 Å². The highest BCUT2D eigenvalue weighted by Gasteiger charge is 2.70. The van der Waals surface area contributed by atoms with Crippen LogP contribution in [-0.4, -0.2) is 35.8 Å². The van der Waals surface area contributed by atoms with Gasteiger partial charge in [-0.15, -0.1) is 0 Å². The van der Waals surface area contributed by atoms with Gasteiger partial charge in [0.25, 0.3) is 0 Å². The molecule has 3 fully saturated rings. The lowest BCUT2D eigenvalue weighted by molar-refractivity contribution is -0.127. The van der Waals surface area contributed by atoms with Crippen LogP contribution in [0.3, 0.4) is 0 Å². The highest BCUT2D eigenvalue weighted by atomic mass is 127. The summed E-state index contributed by atoms with van der Waals surface area (Å²) in [6.07, 6.45) is 4.18. The molecule has 0 spiro atoms. The number of phenols is 1. The van der Waals surface area contributed by atoms with Crippen molar-refractivity contribution < 1.29 is 29.0 Å². The molecule has 51 heavy (non-hydrogen) atoms. The summed E-state index contributed by atoms with van der Waals surface area (Å²) >= 11 is 8.44. The second kappa shape index (κ2) is 12.5. The second-order valence-electron chi connectivity index (χ2n) is 13.5. The van der Waals surface area contributed by atoms with Gasteiger partial charge in [-0.05, 0) is 101 Å². The largest absolute Gasteiger partial charge is 0.504 e. The molecule has 0 aromatic heterocycles. The summed E-state index contributed by atoms with van der Waals surface area (Å²) in [5.41, 5.74) is 2.39. The van der Waals surface area contributed by atoms with Crippen molar-refractivity contribution in [1.82, 2.24) is 0 Å². The Kier molecular flexibility index (Phi) is 8.18. The molecule has 1 N–H and O–H groups in total. The van der Waals surface area contributed by atoms with Crippen LogP contribution in [0.2, 0.25) is 5.02 Å². The number of aromatic hydroxyl groups is 1. The number of amides is 4. The third kappa shape index (κ3) is 4.84. The molecule has 1 saturated carbocycles. The number of hydrogen-bond donors (Lipinski definition) is 1. The minimum absolute atomic E-state index is 0.0405. The quantitative estimate of drug-likeness (QED) is 0.122. The molecule has 2 aliphatic carbocycles. The summed E-state index contributed by atoms with van der Waals surface area (Å²) in [6.45, 7) is 3.80. The minimum Gasteiger partial charge on any atom is -0.504 e. The maximum atomic E-state index is 15.4. The minimum atomic E-state index is -1.44. The van der Waals surface area contributed by atoms with Crippen molar-refractivity contribution in [1.29, 1.82) is 0 Å². The average Bonchev–Trinajstić information content (AvgIpc) is 3.53. The third-order valence-electron chi connectivity index (χ3n) is 11.2. The zero-order valence-electron chi connectivity index (χ0n) is 27.5. The predicted molar refractivity (Wildman–Crippen MR) is 202 cm³/mol. The SMILES string of the molecule is C=Cc1ccc(N2C(=O)C3CC=C4C(CC5C(=O)N(c6cccc(Cl)c6)C(=O)C5(c5ccccc5)C4c4cc(I)c(O)c(OC)c4)C3C2=O)cc1. The van der Waals surface area contributed by atoms with Gasteiger partial charge in [0.1, 0.15) is 0 Å². The van der Waals surface area contributed by atoms with Crippen molar-refractivity contribution in [2.45, 2.75) is 24.2 Å². The molecule has 2 saturated heterocycles. The number of rotatable bonds is 6. The zero-order valence-corrected chi connectivity index (χ0v) is 30.4. The van der Waals surface area contributed by atoms with Gasteiger partial charge in [-0.3, -0.25) is 24.1 Å². The summed E-state index contributed by atoms with van der Waals surface area (Å²) in [7, 11) is 1.46. The number of halogens is 2. The molecular formula is C41H32ClIN2O6. The van der Waals surface area contributed by atoms with E-state index in [1.54, 1.807) is 48.5 Å². The monoisotopic (exact) mass is 810 g/mol. The van der Waals surface area contributed by atoms with Gasteiger partial charge < -0.3 is 9.84 Å². The van der Waals surface area contributed by atoms with Gasteiger partial charge in [0, 0.05) is 10.9 Å². The summed E-state index contributed by atoms with van der Waals surface area (Å²) in [4.78, 5) is 61.4. The molecular weight excluding hydrogens is 779 g/mol. The van der Waals surface area contributed by atoms with E-state index in [-0.39, 0.29) is 29.7 Å². The number of ether oxygens (including phenoxy) is 1. The van der Waals surface area contributed by atoms with Crippen molar-refractivity contribution in [3.63, 3.8) is 0 Å². The average molecular weight is 811 g/mol. The number of fused-ring (bicyclic) bond motifs is 4. The Labute approximate surface area is 313 Å². The maximum Gasteiger partial charge on any atom is 0.246 e. The predicted octanol–water partition coefficient (Wildman–Crippen LogP) is 7.67. The van der Waals surface area contributed by atoms with Crippen molar-refractivity contribution in [3.05, 3.63) is 135 Å². The van der Waals surface area contributed by atoms with Crippen LogP contribution in [-0.2, 0) is 24.6 Å². The number of allylic oxidation sites excluding steroid dienone is 2. The van der Waals surface area contributed by atoms with E-state index < -0.39 is 46.8 Å². The summed E-state index contributed by atoms with van der Waals surface area (Å²) < 4.78 is 6.11. The van der Waals surface area contributed by atoms with Crippen LogP contribution < -0.4 is 14.5 Å². The first-order chi connectivity index (χ1) is 24.6. The summed E-state index contributed by atoms with van der Waals surface area (Å²) in [5, 5.41) is 11.3. The number of imide groups is 2. The highest BCUT2D eigenvalue weighted by Crippen LogP contribution is 2.65. The van der Waals surface area contributed by atoms with Gasteiger partial charge in [0.2, 0.25) is 23.6 Å². The van der Waals surface area contributed by atoms with E-state index in [0.717, 1.165) is 11.1 Å². The second-order valence-corrected chi connectivity index (χ2v) is 15.1. The lowest BCUT2D eigenvalue weighted by Crippen LogP contribution is -2.53. The molecule has 6 unspecified atom stereocenters. The Morgan fingerprint density at radius 1 is 0.882 bits per heavy atom. The number of nitrogens with zero attached hydrogens (tertiary/aromatic N) is 2. The first-order valence-corrected chi connectivity index (χ1v) is 18.1. The Hall–Kier alpha value is -4.74. The molecule has 8 rings (SSSR count). The van der Waals surface area contributed by atoms with E-state index in [1.165, 1.54) is 16.9 Å². The van der Waals surface area contributed by atoms with E-state index in [1.807, 2.05) is 77.2 Å². The van der Waals surface area contributed by atoms with Crippen molar-refractivity contribution in [3.8, 4) is 11.5 Å². The van der Waals surface area contributed by atoms with Crippen LogP contribution in [0.25, 0.3) is 6.08 Å². The highest BCUT2D eigenvalue weighted by molar-refractivity contribution is 14.1. The van der Waals surface area contributed by atoms with Crippen LogP contribution in [0.15, 0.2) is 109 Å². The van der Waals surface area contributed by atoms with Crippen LogP contribution in [0.5, 0.6) is 11.5 Å². The van der Waals surface area contributed by atoms with Gasteiger partial charge in [0.15, 0.2) is 11.5 Å². The number of carbonyl (C=O) groups is 4. The smallest absolute Gasteiger partial charge is 0.246 e. The van der Waals surface area contributed by atoms with E-state index >= 15 is 4.79 Å². The molecule has 6 atom stereocenters. The van der Waals surface area contributed by atoms with Gasteiger partial charge in [-0.25, -0.2) is 4.90 Å². The van der Waals surface area contributed by atoms with Crippen LogP contribution in [0.1, 0.15) is 35.4 Å². The van der Waals surface area contributed by atoms with E-state index in [0.29, 0.717) is 37.5 Å². The first-order valence-electron chi connectivity index (χ1n) is 16.7. The van der Waals surface area contributed by atoms with Gasteiger partial charge in [0.05, 0.1) is 45.2 Å².